The molecule has 5 rings (SSSR count). The highest BCUT2D eigenvalue weighted by Gasteiger charge is 2.35. The van der Waals surface area contributed by atoms with Crippen molar-refractivity contribution < 1.29 is 14.4 Å². The maximum Gasteiger partial charge on any atom is 0.256 e. The van der Waals surface area contributed by atoms with Gasteiger partial charge in [-0.25, -0.2) is 0 Å². The van der Waals surface area contributed by atoms with Crippen LogP contribution < -0.4 is 20.3 Å². The van der Waals surface area contributed by atoms with Gasteiger partial charge in [0.15, 0.2) is 0 Å². The van der Waals surface area contributed by atoms with Gasteiger partial charge in [-0.3, -0.25) is 4.79 Å². The minimum Gasteiger partial charge on any atom is -0.496 e. The number of thiophene rings is 1. The number of hydrogen-bond donors (Lipinski definition) is 3. The molecular weight excluding hydrogens is 358 g/mol. The lowest BCUT2D eigenvalue weighted by atomic mass is 9.98. The van der Waals surface area contributed by atoms with Crippen LogP contribution >= 0.6 is 11.3 Å². The van der Waals surface area contributed by atoms with Gasteiger partial charge in [-0.2, -0.15) is 0 Å². The third-order valence-corrected chi connectivity index (χ3v) is 6.74. The Balaban J connectivity index is 1.62. The molecule has 3 N–H and O–H groups in total. The van der Waals surface area contributed by atoms with Crippen LogP contribution in [-0.2, 0) is 13.0 Å². The lowest BCUT2D eigenvalue weighted by Crippen LogP contribution is -3.08. The summed E-state index contributed by atoms with van der Waals surface area (Å²) in [5, 5.41) is 9.95. The fraction of sp³-hybridized carbons (Fsp3) is 0.286. The summed E-state index contributed by atoms with van der Waals surface area (Å²) in [4.78, 5) is 15.9. The zero-order chi connectivity index (χ0) is 18.5. The zero-order valence-electron chi connectivity index (χ0n) is 15.4. The van der Waals surface area contributed by atoms with Crippen molar-refractivity contribution in [1.29, 1.82) is 0 Å². The molecule has 0 aliphatic carbocycles. The molecule has 2 aliphatic heterocycles. The van der Waals surface area contributed by atoms with Gasteiger partial charge in [0.25, 0.3) is 5.91 Å². The molecule has 0 spiro atoms. The van der Waals surface area contributed by atoms with E-state index in [-0.39, 0.29) is 12.1 Å². The van der Waals surface area contributed by atoms with Crippen LogP contribution in [0, 0.1) is 0 Å². The van der Waals surface area contributed by atoms with Gasteiger partial charge < -0.3 is 20.3 Å². The molecule has 0 saturated carbocycles. The van der Waals surface area contributed by atoms with Gasteiger partial charge in [-0.15, -0.1) is 11.3 Å². The summed E-state index contributed by atoms with van der Waals surface area (Å²) < 4.78 is 5.63. The summed E-state index contributed by atoms with van der Waals surface area (Å²) in [5.74, 6) is 0.793. The first-order valence-corrected chi connectivity index (χ1v) is 10.1. The van der Waals surface area contributed by atoms with Crippen molar-refractivity contribution in [2.45, 2.75) is 19.1 Å². The fourth-order valence-corrected chi connectivity index (χ4v) is 5.62. The third-order valence-electron chi connectivity index (χ3n) is 5.57. The normalized spacial score (nSPS) is 21.2. The number of amides is 1. The summed E-state index contributed by atoms with van der Waals surface area (Å²) in [6.07, 6.45) is 0.654. The van der Waals surface area contributed by atoms with E-state index in [1.165, 1.54) is 15.3 Å². The van der Waals surface area contributed by atoms with Crippen LogP contribution in [0.25, 0.3) is 10.8 Å². The van der Waals surface area contributed by atoms with Crippen LogP contribution in [0.4, 0.5) is 5.00 Å². The standard InChI is InChI=1S/C21H21N3O2S/c1-24-10-9-14-16(11-24)27-21-18(14)20(25)22-19(23-21)17-13-6-4-3-5-12(13)7-8-15(17)26-2/h3-8,19,23H,9-11H2,1-2H3,(H,22,25)/p+1/t19-/m0/s1. The molecular formula is C21H22N3O2S+. The lowest BCUT2D eigenvalue weighted by molar-refractivity contribution is -0.895. The van der Waals surface area contributed by atoms with Gasteiger partial charge in [0, 0.05) is 12.0 Å². The summed E-state index contributed by atoms with van der Waals surface area (Å²) >= 11 is 1.73. The number of nitrogens with one attached hydrogen (secondary N) is 3. The van der Waals surface area contributed by atoms with Crippen molar-refractivity contribution in [2.24, 2.45) is 0 Å². The highest BCUT2D eigenvalue weighted by atomic mass is 32.1. The number of fused-ring (bicyclic) bond motifs is 4. The van der Waals surface area contributed by atoms with Crippen LogP contribution in [0.3, 0.4) is 0 Å². The van der Waals surface area contributed by atoms with Crippen LogP contribution in [0.15, 0.2) is 36.4 Å². The number of carbonyl (C=O) groups is 1. The first kappa shape index (κ1) is 16.6. The van der Waals surface area contributed by atoms with E-state index in [9.17, 15) is 4.79 Å². The van der Waals surface area contributed by atoms with E-state index in [4.69, 9.17) is 4.74 Å². The first-order chi connectivity index (χ1) is 13.2. The summed E-state index contributed by atoms with van der Waals surface area (Å²) in [5.41, 5.74) is 3.05. The number of methoxy groups -OCH3 is 1. The van der Waals surface area contributed by atoms with Gasteiger partial charge in [0.1, 0.15) is 23.5 Å². The highest BCUT2D eigenvalue weighted by Crippen LogP contribution is 2.41. The molecule has 1 amide bonds. The van der Waals surface area contributed by atoms with Crippen LogP contribution in [0.1, 0.15) is 32.5 Å². The number of carbonyl (C=O) groups excluding carboxylic acids is 1. The predicted molar refractivity (Wildman–Crippen MR) is 108 cm³/mol. The Kier molecular flexibility index (Phi) is 3.84. The van der Waals surface area contributed by atoms with E-state index in [1.54, 1.807) is 18.4 Å². The number of rotatable bonds is 2. The third kappa shape index (κ3) is 2.59. The Morgan fingerprint density at radius 2 is 2.04 bits per heavy atom. The van der Waals surface area contributed by atoms with E-state index in [1.807, 2.05) is 18.2 Å². The zero-order valence-corrected chi connectivity index (χ0v) is 16.2. The van der Waals surface area contributed by atoms with E-state index in [2.05, 4.69) is 35.9 Å². The second-order valence-electron chi connectivity index (χ2n) is 7.30. The lowest BCUT2D eigenvalue weighted by Gasteiger charge is -2.29. The molecule has 5 nitrogen and oxygen atoms in total. The Hall–Kier alpha value is -2.57. The quantitative estimate of drug-likeness (QED) is 0.640. The monoisotopic (exact) mass is 380 g/mol. The van der Waals surface area contributed by atoms with Crippen molar-refractivity contribution in [3.63, 3.8) is 0 Å². The molecule has 0 fully saturated rings. The molecule has 2 aromatic carbocycles. The Labute approximate surface area is 161 Å². The fourth-order valence-electron chi connectivity index (χ4n) is 4.23. The maximum atomic E-state index is 13.0. The number of ether oxygens (including phenoxy) is 1. The number of anilines is 1. The molecule has 27 heavy (non-hydrogen) atoms. The molecule has 0 bridgehead atoms. The summed E-state index contributed by atoms with van der Waals surface area (Å²) in [7, 11) is 3.88. The van der Waals surface area contributed by atoms with Gasteiger partial charge in [-0.05, 0) is 22.4 Å². The molecule has 3 heterocycles. The van der Waals surface area contributed by atoms with Crippen molar-refractivity contribution in [3.05, 3.63) is 58.0 Å². The second kappa shape index (κ2) is 6.25. The maximum absolute atomic E-state index is 13.0. The molecule has 2 atom stereocenters. The molecule has 0 radical (unpaired) electrons. The van der Waals surface area contributed by atoms with Crippen LogP contribution in [-0.4, -0.2) is 26.6 Å². The molecule has 0 saturated heterocycles. The highest BCUT2D eigenvalue weighted by molar-refractivity contribution is 7.16. The first-order valence-electron chi connectivity index (χ1n) is 9.24. The SMILES string of the molecule is COc1ccc2ccccc2c1[C@H]1NC(=O)c2c(sc3c2CC[NH+](C)C3)N1. The van der Waals surface area contributed by atoms with Crippen LogP contribution in [0.2, 0.25) is 0 Å². The van der Waals surface area contributed by atoms with Gasteiger partial charge >= 0.3 is 0 Å². The molecule has 138 valence electrons. The average molecular weight is 380 g/mol. The average Bonchev–Trinajstić information content (AvgIpc) is 3.04. The Bertz CT molecular complexity index is 1060. The van der Waals surface area contributed by atoms with E-state index in [0.717, 1.165) is 52.2 Å². The second-order valence-corrected chi connectivity index (χ2v) is 8.40. The number of quaternary nitrogens is 1. The summed E-state index contributed by atoms with van der Waals surface area (Å²) in [6, 6.07) is 12.2. The molecule has 6 heteroatoms. The summed E-state index contributed by atoms with van der Waals surface area (Å²) in [6.45, 7) is 2.06. The van der Waals surface area contributed by atoms with E-state index in [0.29, 0.717) is 0 Å². The Morgan fingerprint density at radius 1 is 1.19 bits per heavy atom. The molecule has 1 aromatic heterocycles. The number of benzene rings is 2. The van der Waals surface area contributed by atoms with Gasteiger partial charge in [-0.1, -0.05) is 30.3 Å². The van der Waals surface area contributed by atoms with E-state index >= 15 is 0 Å². The van der Waals surface area contributed by atoms with Crippen molar-refractivity contribution in [1.82, 2.24) is 5.32 Å². The molecule has 1 unspecified atom stereocenters. The minimum atomic E-state index is -0.309. The topological polar surface area (TPSA) is 54.8 Å². The minimum absolute atomic E-state index is 0.0146. The molecule has 2 aliphatic rings. The predicted octanol–water partition coefficient (Wildman–Crippen LogP) is 2.33. The number of hydrogen-bond acceptors (Lipinski definition) is 4. The smallest absolute Gasteiger partial charge is 0.256 e. The largest absolute Gasteiger partial charge is 0.496 e. The number of likely N-dealkylation sites (N-methyl/N-ethyl adjacent to an activating group) is 1. The molecule has 3 aromatic rings. The Morgan fingerprint density at radius 3 is 2.89 bits per heavy atom. The van der Waals surface area contributed by atoms with Crippen LogP contribution in [0.5, 0.6) is 5.75 Å². The van der Waals surface area contributed by atoms with Crippen molar-refractivity contribution in [2.75, 3.05) is 26.0 Å². The van der Waals surface area contributed by atoms with Crippen molar-refractivity contribution in [3.8, 4) is 5.75 Å². The van der Waals surface area contributed by atoms with Crippen molar-refractivity contribution >= 4 is 33.0 Å². The van der Waals surface area contributed by atoms with E-state index < -0.39 is 0 Å². The van der Waals surface area contributed by atoms with Gasteiger partial charge in [0.05, 0.1) is 31.1 Å². The van der Waals surface area contributed by atoms with Gasteiger partial charge in [0.2, 0.25) is 0 Å².